The third-order valence-corrected chi connectivity index (χ3v) is 4.68. The first-order chi connectivity index (χ1) is 12.5. The molecule has 2 nitrogen and oxygen atoms in total. The van der Waals surface area contributed by atoms with E-state index in [0.717, 1.165) is 6.07 Å². The van der Waals surface area contributed by atoms with Crippen molar-refractivity contribution in [1.82, 2.24) is 4.98 Å². The monoisotopic (exact) mass is 449 g/mol. The first kappa shape index (κ1) is 19.6. The summed E-state index contributed by atoms with van der Waals surface area (Å²) < 4.78 is 79.9. The van der Waals surface area contributed by atoms with Crippen LogP contribution < -0.4 is 0 Å². The van der Waals surface area contributed by atoms with Gasteiger partial charge in [0.2, 0.25) is 0 Å². The van der Waals surface area contributed by atoms with Gasteiger partial charge in [-0.3, -0.25) is 0 Å². The molecule has 0 bridgehead atoms. The summed E-state index contributed by atoms with van der Waals surface area (Å²) in [7, 11) is 0. The molecule has 9 heteroatoms. The molecule has 3 rings (SSSR count). The number of alkyl halides is 6. The molecule has 0 fully saturated rings. The number of rotatable bonds is 2. The Hall–Kier alpha value is -2.13. The number of benzene rings is 2. The van der Waals surface area contributed by atoms with Crippen LogP contribution in [0.3, 0.4) is 0 Å². The predicted octanol–water partition coefficient (Wildman–Crippen LogP) is 6.12. The predicted molar refractivity (Wildman–Crippen MR) is 90.0 cm³/mol. The van der Waals surface area contributed by atoms with E-state index in [1.807, 2.05) is 0 Å². The van der Waals surface area contributed by atoms with Gasteiger partial charge in [-0.25, -0.2) is 4.98 Å². The maximum atomic E-state index is 13.3. The minimum absolute atomic E-state index is 0.207. The Labute approximate surface area is 157 Å². The van der Waals surface area contributed by atoms with Gasteiger partial charge in [0.1, 0.15) is 11.8 Å². The minimum Gasteiger partial charge on any atom is -0.384 e. The molecule has 2 aromatic carbocycles. The highest BCUT2D eigenvalue weighted by atomic mass is 79.9. The van der Waals surface area contributed by atoms with E-state index < -0.39 is 35.2 Å². The van der Waals surface area contributed by atoms with E-state index in [9.17, 15) is 31.4 Å². The lowest BCUT2D eigenvalue weighted by molar-refractivity contribution is -0.142. The molecule has 0 amide bonds. The number of para-hydroxylation sites is 1. The fourth-order valence-corrected chi connectivity index (χ4v) is 3.24. The fourth-order valence-electron chi connectivity index (χ4n) is 2.74. The number of pyridine rings is 1. The van der Waals surface area contributed by atoms with Crippen molar-refractivity contribution in [2.24, 2.45) is 0 Å². The van der Waals surface area contributed by atoms with Crippen molar-refractivity contribution in [1.29, 1.82) is 0 Å². The normalized spacial score (nSPS) is 13.8. The molecular weight excluding hydrogens is 440 g/mol. The van der Waals surface area contributed by atoms with Gasteiger partial charge < -0.3 is 5.11 Å². The number of aromatic nitrogens is 1. The second kappa shape index (κ2) is 6.79. The van der Waals surface area contributed by atoms with E-state index in [1.165, 1.54) is 12.1 Å². The summed E-state index contributed by atoms with van der Waals surface area (Å²) >= 11 is 3.18. The van der Waals surface area contributed by atoms with Gasteiger partial charge in [0.25, 0.3) is 0 Å². The number of halogens is 7. The summed E-state index contributed by atoms with van der Waals surface area (Å²) in [6.45, 7) is 0. The summed E-state index contributed by atoms with van der Waals surface area (Å²) in [5.74, 6) is 0. The van der Waals surface area contributed by atoms with Crippen molar-refractivity contribution in [2.45, 2.75) is 18.5 Å². The Kier molecular flexibility index (Phi) is 4.94. The van der Waals surface area contributed by atoms with E-state index in [2.05, 4.69) is 20.9 Å². The Morgan fingerprint density at radius 3 is 2.11 bits per heavy atom. The molecule has 1 unspecified atom stereocenters. The van der Waals surface area contributed by atoms with Crippen molar-refractivity contribution in [3.05, 3.63) is 75.4 Å². The molecule has 1 heterocycles. The van der Waals surface area contributed by atoms with Crippen LogP contribution >= 0.6 is 15.9 Å². The molecule has 1 aromatic heterocycles. The van der Waals surface area contributed by atoms with E-state index in [4.69, 9.17) is 0 Å². The van der Waals surface area contributed by atoms with Crippen molar-refractivity contribution < 1.29 is 31.4 Å². The summed E-state index contributed by atoms with van der Waals surface area (Å²) in [6, 6.07) is 9.71. The highest BCUT2D eigenvalue weighted by Crippen LogP contribution is 2.40. The van der Waals surface area contributed by atoms with Crippen LogP contribution in [0.25, 0.3) is 10.9 Å². The SMILES string of the molecule is OC(c1ccccc1Br)c1cc(C(F)(F)F)nc2c(C(F)(F)F)cccc12. The molecule has 1 atom stereocenters. The lowest BCUT2D eigenvalue weighted by Gasteiger charge is -2.19. The zero-order valence-electron chi connectivity index (χ0n) is 13.2. The van der Waals surface area contributed by atoms with Crippen molar-refractivity contribution in [3.63, 3.8) is 0 Å². The van der Waals surface area contributed by atoms with Crippen LogP contribution in [0.4, 0.5) is 26.3 Å². The molecule has 1 N–H and O–H groups in total. The van der Waals surface area contributed by atoms with E-state index in [-0.39, 0.29) is 16.5 Å². The van der Waals surface area contributed by atoms with Crippen LogP contribution in [0.5, 0.6) is 0 Å². The third kappa shape index (κ3) is 3.79. The van der Waals surface area contributed by atoms with Crippen LogP contribution in [-0.4, -0.2) is 10.1 Å². The van der Waals surface area contributed by atoms with Gasteiger partial charge in [0.15, 0.2) is 0 Å². The maximum Gasteiger partial charge on any atom is 0.433 e. The Balaban J connectivity index is 2.36. The maximum absolute atomic E-state index is 13.3. The smallest absolute Gasteiger partial charge is 0.384 e. The van der Waals surface area contributed by atoms with Crippen LogP contribution in [0.1, 0.15) is 28.5 Å². The van der Waals surface area contributed by atoms with Gasteiger partial charge >= 0.3 is 12.4 Å². The fraction of sp³-hybridized carbons (Fsp3) is 0.167. The Morgan fingerprint density at radius 2 is 1.52 bits per heavy atom. The van der Waals surface area contributed by atoms with Gasteiger partial charge in [-0.15, -0.1) is 0 Å². The lowest BCUT2D eigenvalue weighted by Crippen LogP contribution is -2.14. The van der Waals surface area contributed by atoms with Crippen LogP contribution in [0.15, 0.2) is 53.0 Å². The molecule has 142 valence electrons. The van der Waals surface area contributed by atoms with Gasteiger partial charge in [-0.1, -0.05) is 46.3 Å². The molecular formula is C18H10BrF6NO. The summed E-state index contributed by atoms with van der Waals surface area (Å²) in [5.41, 5.74) is -3.76. The molecule has 0 saturated carbocycles. The highest BCUT2D eigenvalue weighted by Gasteiger charge is 2.38. The van der Waals surface area contributed by atoms with Crippen molar-refractivity contribution in [2.75, 3.05) is 0 Å². The second-order valence-electron chi connectivity index (χ2n) is 5.72. The molecule has 27 heavy (non-hydrogen) atoms. The third-order valence-electron chi connectivity index (χ3n) is 3.96. The largest absolute Gasteiger partial charge is 0.433 e. The molecule has 0 radical (unpaired) electrons. The van der Waals surface area contributed by atoms with Gasteiger partial charge in [-0.05, 0) is 29.3 Å². The van der Waals surface area contributed by atoms with Gasteiger partial charge in [0, 0.05) is 9.86 Å². The Morgan fingerprint density at radius 1 is 0.852 bits per heavy atom. The zero-order chi connectivity index (χ0) is 20.0. The van der Waals surface area contributed by atoms with Crippen LogP contribution in [-0.2, 0) is 12.4 Å². The molecule has 0 aliphatic rings. The number of hydrogen-bond acceptors (Lipinski definition) is 2. The first-order valence-electron chi connectivity index (χ1n) is 7.50. The number of nitrogens with zero attached hydrogens (tertiary/aromatic N) is 1. The highest BCUT2D eigenvalue weighted by molar-refractivity contribution is 9.10. The number of fused-ring (bicyclic) bond motifs is 1. The molecule has 0 saturated heterocycles. The number of hydrogen-bond donors (Lipinski definition) is 1. The molecule has 3 aromatic rings. The van der Waals surface area contributed by atoms with E-state index in [0.29, 0.717) is 16.6 Å². The Bertz CT molecular complexity index is 999. The quantitative estimate of drug-likeness (QED) is 0.478. The molecule has 0 spiro atoms. The second-order valence-corrected chi connectivity index (χ2v) is 6.57. The van der Waals surface area contributed by atoms with Gasteiger partial charge in [-0.2, -0.15) is 26.3 Å². The first-order valence-corrected chi connectivity index (χ1v) is 8.30. The van der Waals surface area contributed by atoms with Crippen molar-refractivity contribution >= 4 is 26.8 Å². The lowest BCUT2D eigenvalue weighted by atomic mass is 9.95. The molecule has 0 aliphatic heterocycles. The van der Waals surface area contributed by atoms with Gasteiger partial charge in [0.05, 0.1) is 11.1 Å². The topological polar surface area (TPSA) is 33.1 Å². The summed E-state index contributed by atoms with van der Waals surface area (Å²) in [5, 5.41) is 10.4. The molecule has 0 aliphatic carbocycles. The average Bonchev–Trinajstić information content (AvgIpc) is 2.58. The zero-order valence-corrected chi connectivity index (χ0v) is 14.8. The minimum atomic E-state index is -4.98. The van der Waals surface area contributed by atoms with Crippen LogP contribution in [0.2, 0.25) is 0 Å². The number of aliphatic hydroxyl groups is 1. The average molecular weight is 450 g/mol. The van der Waals surface area contributed by atoms with Crippen molar-refractivity contribution in [3.8, 4) is 0 Å². The van der Waals surface area contributed by atoms with E-state index in [1.54, 1.807) is 18.2 Å². The van der Waals surface area contributed by atoms with Crippen LogP contribution in [0, 0.1) is 0 Å². The number of aliphatic hydroxyl groups excluding tert-OH is 1. The van der Waals surface area contributed by atoms with E-state index >= 15 is 0 Å². The standard InChI is InChI=1S/C18H10BrF6NO/c19-13-7-2-1-4-10(13)16(27)11-8-14(18(23,24)25)26-15-9(11)5-3-6-12(15)17(20,21)22/h1-8,16,27H. The summed E-state index contributed by atoms with van der Waals surface area (Å²) in [4.78, 5) is 3.20. The summed E-state index contributed by atoms with van der Waals surface area (Å²) in [6.07, 6.45) is -11.5.